The molecule has 0 fully saturated rings. The lowest BCUT2D eigenvalue weighted by Crippen LogP contribution is -2.15. The van der Waals surface area contributed by atoms with Gasteiger partial charge in [0.2, 0.25) is 0 Å². The van der Waals surface area contributed by atoms with Crippen LogP contribution in [0.1, 0.15) is 15.9 Å². The number of nitrogens with two attached hydrogens (primary N) is 1. The average molecular weight is 270 g/mol. The highest BCUT2D eigenvalue weighted by molar-refractivity contribution is 6.04. The van der Waals surface area contributed by atoms with Crippen LogP contribution < -0.4 is 11.1 Å². The molecule has 6 heteroatoms. The second-order valence-electron chi connectivity index (χ2n) is 4.16. The summed E-state index contributed by atoms with van der Waals surface area (Å²) in [7, 11) is 0. The van der Waals surface area contributed by atoms with Crippen molar-refractivity contribution in [3.05, 3.63) is 59.9 Å². The van der Waals surface area contributed by atoms with Crippen LogP contribution in [0.2, 0.25) is 0 Å². The first kappa shape index (κ1) is 13.5. The van der Waals surface area contributed by atoms with Crippen molar-refractivity contribution in [1.82, 2.24) is 4.98 Å². The molecule has 102 valence electrons. The molecule has 0 radical (unpaired) electrons. The molecule has 2 aromatic rings. The number of nitrogens with zero attached hydrogens (tertiary/aromatic N) is 2. The Kier molecular flexibility index (Phi) is 4.28. The van der Waals surface area contributed by atoms with Gasteiger partial charge >= 0.3 is 0 Å². The molecule has 4 N–H and O–H groups in total. The zero-order valence-corrected chi connectivity index (χ0v) is 10.7. The second-order valence-corrected chi connectivity index (χ2v) is 4.16. The van der Waals surface area contributed by atoms with Crippen LogP contribution in [-0.2, 0) is 6.42 Å². The Balaban J connectivity index is 2.02. The normalized spacial score (nSPS) is 11.1. The fraction of sp³-hybridized carbons (Fsp3) is 0.0714. The summed E-state index contributed by atoms with van der Waals surface area (Å²) in [6.45, 7) is 0. The third-order valence-corrected chi connectivity index (χ3v) is 2.65. The summed E-state index contributed by atoms with van der Waals surface area (Å²) in [5.41, 5.74) is 7.47. The molecular formula is C14H14N4O2. The van der Waals surface area contributed by atoms with E-state index in [9.17, 15) is 4.79 Å². The van der Waals surface area contributed by atoms with Crippen molar-refractivity contribution in [2.45, 2.75) is 6.42 Å². The van der Waals surface area contributed by atoms with E-state index in [-0.39, 0.29) is 11.7 Å². The molecule has 1 aromatic heterocycles. The number of carbonyl (C=O) groups excluding carboxylic acids is 1. The lowest BCUT2D eigenvalue weighted by atomic mass is 10.1. The Morgan fingerprint density at radius 1 is 1.30 bits per heavy atom. The zero-order valence-electron chi connectivity index (χ0n) is 10.7. The Hall–Kier alpha value is -2.89. The first-order valence-corrected chi connectivity index (χ1v) is 5.96. The van der Waals surface area contributed by atoms with Gasteiger partial charge in [-0.05, 0) is 29.8 Å². The molecule has 1 aromatic carbocycles. The van der Waals surface area contributed by atoms with E-state index in [1.807, 2.05) is 0 Å². The maximum absolute atomic E-state index is 11.9. The van der Waals surface area contributed by atoms with E-state index < -0.39 is 0 Å². The third-order valence-electron chi connectivity index (χ3n) is 2.65. The van der Waals surface area contributed by atoms with Crippen molar-refractivity contribution < 1.29 is 10.0 Å². The number of amidine groups is 1. The molecule has 0 saturated carbocycles. The highest BCUT2D eigenvalue weighted by Gasteiger charge is 2.05. The van der Waals surface area contributed by atoms with Crippen LogP contribution in [0.15, 0.2) is 53.9 Å². The van der Waals surface area contributed by atoms with Crippen LogP contribution in [0.4, 0.5) is 5.69 Å². The molecule has 0 aliphatic rings. The summed E-state index contributed by atoms with van der Waals surface area (Å²) >= 11 is 0. The molecule has 20 heavy (non-hydrogen) atoms. The quantitative estimate of drug-likeness (QED) is 0.340. The van der Waals surface area contributed by atoms with Gasteiger partial charge < -0.3 is 16.3 Å². The highest BCUT2D eigenvalue weighted by Crippen LogP contribution is 2.11. The third kappa shape index (κ3) is 3.55. The Labute approximate surface area is 115 Å². The Morgan fingerprint density at radius 3 is 2.65 bits per heavy atom. The van der Waals surface area contributed by atoms with Gasteiger partial charge in [-0.15, -0.1) is 0 Å². The van der Waals surface area contributed by atoms with Gasteiger partial charge in [-0.2, -0.15) is 0 Å². The van der Waals surface area contributed by atoms with Gasteiger partial charge in [-0.1, -0.05) is 17.3 Å². The maximum atomic E-state index is 11.9. The maximum Gasteiger partial charge on any atom is 0.257 e. The smallest absolute Gasteiger partial charge is 0.257 e. The minimum Gasteiger partial charge on any atom is -0.409 e. The fourth-order valence-electron chi connectivity index (χ4n) is 1.65. The molecular weight excluding hydrogens is 256 g/mol. The monoisotopic (exact) mass is 270 g/mol. The average Bonchev–Trinajstić information content (AvgIpc) is 2.50. The Morgan fingerprint density at radius 2 is 2.05 bits per heavy atom. The minimum absolute atomic E-state index is 0.136. The number of benzene rings is 1. The minimum atomic E-state index is -0.220. The summed E-state index contributed by atoms with van der Waals surface area (Å²) in [6, 6.07) is 10.5. The standard InChI is InChI=1S/C14H14N4O2/c15-13(18-20)8-10-3-5-12(6-4-10)17-14(19)11-2-1-7-16-9-11/h1-7,9,20H,8H2,(H2,15,18)(H,17,19). The fourth-order valence-corrected chi connectivity index (χ4v) is 1.65. The van der Waals surface area contributed by atoms with Crippen LogP contribution in [0, 0.1) is 0 Å². The van der Waals surface area contributed by atoms with Crippen LogP contribution in [0.25, 0.3) is 0 Å². The molecule has 0 saturated heterocycles. The van der Waals surface area contributed by atoms with Crippen LogP contribution in [-0.4, -0.2) is 21.9 Å². The van der Waals surface area contributed by atoms with E-state index in [1.165, 1.54) is 6.20 Å². The molecule has 0 aliphatic heterocycles. The molecule has 0 unspecified atom stereocenters. The molecule has 1 heterocycles. The first-order chi connectivity index (χ1) is 9.69. The second kappa shape index (κ2) is 6.33. The number of carbonyl (C=O) groups is 1. The molecule has 1 amide bonds. The molecule has 0 atom stereocenters. The number of nitrogens with one attached hydrogen (secondary N) is 1. The van der Waals surface area contributed by atoms with Gasteiger partial charge in [-0.25, -0.2) is 0 Å². The van der Waals surface area contributed by atoms with E-state index in [0.29, 0.717) is 17.7 Å². The number of oxime groups is 1. The van der Waals surface area contributed by atoms with Crippen molar-refractivity contribution in [1.29, 1.82) is 0 Å². The van der Waals surface area contributed by atoms with E-state index >= 15 is 0 Å². The summed E-state index contributed by atoms with van der Waals surface area (Å²) in [4.78, 5) is 15.8. The largest absolute Gasteiger partial charge is 0.409 e. The van der Waals surface area contributed by atoms with E-state index in [2.05, 4.69) is 15.5 Å². The van der Waals surface area contributed by atoms with Crippen molar-refractivity contribution in [3.63, 3.8) is 0 Å². The number of anilines is 1. The zero-order chi connectivity index (χ0) is 14.4. The summed E-state index contributed by atoms with van der Waals surface area (Å²) in [6.07, 6.45) is 3.47. The van der Waals surface area contributed by atoms with Gasteiger partial charge in [0.1, 0.15) is 5.84 Å². The highest BCUT2D eigenvalue weighted by atomic mass is 16.4. The SMILES string of the molecule is NC(Cc1ccc(NC(=O)c2cccnc2)cc1)=NO. The van der Waals surface area contributed by atoms with Gasteiger partial charge in [-0.3, -0.25) is 9.78 Å². The van der Waals surface area contributed by atoms with Crippen LogP contribution >= 0.6 is 0 Å². The van der Waals surface area contributed by atoms with Crippen LogP contribution in [0.3, 0.4) is 0 Å². The molecule has 6 nitrogen and oxygen atoms in total. The van der Waals surface area contributed by atoms with Crippen molar-refractivity contribution in [2.24, 2.45) is 10.9 Å². The summed E-state index contributed by atoms with van der Waals surface area (Å²) in [5, 5.41) is 14.2. The molecule has 0 spiro atoms. The summed E-state index contributed by atoms with van der Waals surface area (Å²) in [5.74, 6) is -0.0839. The van der Waals surface area contributed by atoms with E-state index in [4.69, 9.17) is 10.9 Å². The van der Waals surface area contributed by atoms with Gasteiger partial charge in [0.25, 0.3) is 5.91 Å². The van der Waals surface area contributed by atoms with Gasteiger partial charge in [0.15, 0.2) is 0 Å². The van der Waals surface area contributed by atoms with Crippen LogP contribution in [0.5, 0.6) is 0 Å². The molecule has 2 rings (SSSR count). The van der Waals surface area contributed by atoms with E-state index in [0.717, 1.165) is 5.56 Å². The lowest BCUT2D eigenvalue weighted by Gasteiger charge is -2.06. The predicted molar refractivity (Wildman–Crippen MR) is 75.7 cm³/mol. The van der Waals surface area contributed by atoms with Crippen molar-refractivity contribution >= 4 is 17.4 Å². The van der Waals surface area contributed by atoms with Crippen molar-refractivity contribution in [2.75, 3.05) is 5.32 Å². The van der Waals surface area contributed by atoms with Gasteiger partial charge in [0.05, 0.1) is 5.56 Å². The topological polar surface area (TPSA) is 101 Å². The predicted octanol–water partition coefficient (Wildman–Crippen LogP) is 1.62. The lowest BCUT2D eigenvalue weighted by molar-refractivity contribution is 0.102. The number of amides is 1. The van der Waals surface area contributed by atoms with E-state index in [1.54, 1.807) is 42.6 Å². The molecule has 0 bridgehead atoms. The number of pyridine rings is 1. The molecule has 0 aliphatic carbocycles. The summed E-state index contributed by atoms with van der Waals surface area (Å²) < 4.78 is 0. The van der Waals surface area contributed by atoms with Gasteiger partial charge in [0, 0.05) is 24.5 Å². The number of rotatable bonds is 4. The Bertz CT molecular complexity index is 609. The first-order valence-electron chi connectivity index (χ1n) is 5.96. The van der Waals surface area contributed by atoms with Crippen molar-refractivity contribution in [3.8, 4) is 0 Å². The number of aromatic nitrogens is 1. The number of hydrogen-bond donors (Lipinski definition) is 3. The number of hydrogen-bond acceptors (Lipinski definition) is 4.